The lowest BCUT2D eigenvalue weighted by Gasteiger charge is -2.31. The van der Waals surface area contributed by atoms with Crippen molar-refractivity contribution >= 4 is 45.5 Å². The highest BCUT2D eigenvalue weighted by atomic mass is 79.9. The van der Waals surface area contributed by atoms with E-state index in [1.165, 1.54) is 7.11 Å². The molecule has 8 nitrogen and oxygen atoms in total. The summed E-state index contributed by atoms with van der Waals surface area (Å²) in [6, 6.07) is 11.0. The third-order valence-corrected chi connectivity index (χ3v) is 8.40. The second-order valence-electron chi connectivity index (χ2n) is 10.2. The maximum atomic E-state index is 13.3. The van der Waals surface area contributed by atoms with Crippen LogP contribution in [0.15, 0.2) is 58.2 Å². The van der Waals surface area contributed by atoms with E-state index in [0.717, 1.165) is 39.7 Å². The smallest absolute Gasteiger partial charge is 0.423 e. The summed E-state index contributed by atoms with van der Waals surface area (Å²) in [6.07, 6.45) is 5.99. The molecular weight excluding hydrogens is 564 g/mol. The zero-order valence-electron chi connectivity index (χ0n) is 21.9. The van der Waals surface area contributed by atoms with Gasteiger partial charge in [-0.2, -0.15) is 4.90 Å². The van der Waals surface area contributed by atoms with Gasteiger partial charge in [0.2, 0.25) is 11.8 Å². The number of fused-ring (bicyclic) bond motifs is 3. The number of methoxy groups -OCH3 is 1. The van der Waals surface area contributed by atoms with Crippen LogP contribution >= 0.6 is 15.9 Å². The van der Waals surface area contributed by atoms with Crippen LogP contribution in [0.4, 0.5) is 4.79 Å². The summed E-state index contributed by atoms with van der Waals surface area (Å²) in [5, 5.41) is 10.5. The van der Waals surface area contributed by atoms with Gasteiger partial charge in [-0.1, -0.05) is 40.9 Å². The Balaban J connectivity index is 1.44. The first-order valence-corrected chi connectivity index (χ1v) is 14.0. The zero-order valence-corrected chi connectivity index (χ0v) is 23.5. The molecule has 3 heterocycles. The minimum atomic E-state index is -0.922. The number of carbonyl (C=O) groups excluding carboxylic acids is 3. The van der Waals surface area contributed by atoms with Gasteiger partial charge in [0.1, 0.15) is 5.75 Å². The Hall–Kier alpha value is -3.30. The molecule has 1 aromatic carbocycles. The number of amides is 3. The molecule has 2 fully saturated rings. The highest BCUT2D eigenvalue weighted by Crippen LogP contribution is 2.51. The summed E-state index contributed by atoms with van der Waals surface area (Å²) in [6.45, 7) is 2.42. The molecule has 2 saturated heterocycles. The van der Waals surface area contributed by atoms with E-state index in [2.05, 4.69) is 27.8 Å². The number of imide groups is 3. The van der Waals surface area contributed by atoms with Gasteiger partial charge in [0.15, 0.2) is 0 Å². The van der Waals surface area contributed by atoms with Crippen LogP contribution in [-0.4, -0.2) is 52.7 Å². The van der Waals surface area contributed by atoms with Gasteiger partial charge in [0, 0.05) is 22.2 Å². The van der Waals surface area contributed by atoms with Gasteiger partial charge in [-0.3, -0.25) is 14.6 Å². The zero-order chi connectivity index (χ0) is 27.7. The van der Waals surface area contributed by atoms with Crippen molar-refractivity contribution in [3.05, 3.63) is 69.5 Å². The van der Waals surface area contributed by atoms with Crippen molar-refractivity contribution in [2.24, 2.45) is 17.8 Å². The van der Waals surface area contributed by atoms with Crippen LogP contribution in [0.3, 0.4) is 0 Å². The number of aromatic nitrogens is 1. The average Bonchev–Trinajstić information content (AvgIpc) is 3.47. The fraction of sp³-hybridized carbons (Fsp3) is 0.400. The molecule has 4 atom stereocenters. The first-order valence-electron chi connectivity index (χ1n) is 13.2. The number of carbonyl (C=O) groups is 3. The van der Waals surface area contributed by atoms with Crippen LogP contribution < -0.4 is 0 Å². The van der Waals surface area contributed by atoms with Crippen LogP contribution in [0.2, 0.25) is 0 Å². The first kappa shape index (κ1) is 27.3. The SMILES string of the molecule is CCCC1=C2[C@@H](CC/C(=C/c3cc(Br)ccc3O)c3ccccn3)OC[C@@H]2[C@@H]2C(=O)N(C(=O)OC)C(=O)[C@@H]2C1. The summed E-state index contributed by atoms with van der Waals surface area (Å²) in [5.41, 5.74) is 4.71. The van der Waals surface area contributed by atoms with Crippen molar-refractivity contribution < 1.29 is 29.0 Å². The molecule has 0 radical (unpaired) electrons. The average molecular weight is 595 g/mol. The van der Waals surface area contributed by atoms with Gasteiger partial charge >= 0.3 is 6.09 Å². The number of hydrogen-bond donors (Lipinski definition) is 1. The number of rotatable bonds is 7. The minimum absolute atomic E-state index is 0.176. The van der Waals surface area contributed by atoms with Gasteiger partial charge in [-0.05, 0) is 73.2 Å². The highest BCUT2D eigenvalue weighted by molar-refractivity contribution is 9.10. The molecule has 204 valence electrons. The quantitative estimate of drug-likeness (QED) is 0.321. The maximum Gasteiger partial charge on any atom is 0.423 e. The van der Waals surface area contributed by atoms with Crippen LogP contribution in [-0.2, 0) is 19.1 Å². The van der Waals surface area contributed by atoms with Gasteiger partial charge in [-0.25, -0.2) is 4.79 Å². The number of halogens is 1. The van der Waals surface area contributed by atoms with Gasteiger partial charge < -0.3 is 14.6 Å². The minimum Gasteiger partial charge on any atom is -0.507 e. The molecule has 3 aliphatic rings. The molecule has 1 aromatic heterocycles. The normalized spacial score (nSPS) is 24.7. The summed E-state index contributed by atoms with van der Waals surface area (Å²) in [4.78, 5) is 43.8. The summed E-state index contributed by atoms with van der Waals surface area (Å²) in [5.74, 6) is -2.19. The molecule has 2 aromatic rings. The monoisotopic (exact) mass is 594 g/mol. The van der Waals surface area contributed by atoms with Crippen LogP contribution in [0.25, 0.3) is 11.6 Å². The molecular formula is C30H31BrN2O6. The number of pyridine rings is 1. The van der Waals surface area contributed by atoms with Crippen LogP contribution in [0.5, 0.6) is 5.75 Å². The third kappa shape index (κ3) is 5.17. The molecule has 0 unspecified atom stereocenters. The Morgan fingerprint density at radius 2 is 2.05 bits per heavy atom. The maximum absolute atomic E-state index is 13.3. The standard InChI is InChI=1S/C30H31BrN2O6/c1-3-6-18-15-21-27(29(36)33(28(21)35)30(37)38-2)22-16-39-25(26(18)22)11-8-17(23-7-4-5-12-32-23)13-19-14-20(31)9-10-24(19)34/h4-5,7,9-10,12-14,21-22,25,27,34H,3,6,8,11,15-16H2,1-2H3/b17-13-/t21-,22+,25-,27-/m1/s1. The summed E-state index contributed by atoms with van der Waals surface area (Å²) >= 11 is 3.48. The van der Waals surface area contributed by atoms with E-state index < -0.39 is 29.7 Å². The Morgan fingerprint density at radius 1 is 1.23 bits per heavy atom. The van der Waals surface area contributed by atoms with Crippen LogP contribution in [0, 0.1) is 17.8 Å². The number of hydrogen-bond acceptors (Lipinski definition) is 7. The second-order valence-corrected chi connectivity index (χ2v) is 11.1. The van der Waals surface area contributed by atoms with Crippen molar-refractivity contribution in [3.63, 3.8) is 0 Å². The largest absolute Gasteiger partial charge is 0.507 e. The van der Waals surface area contributed by atoms with E-state index in [1.807, 2.05) is 30.3 Å². The molecule has 0 spiro atoms. The topological polar surface area (TPSA) is 106 Å². The molecule has 3 amide bonds. The molecule has 9 heteroatoms. The number of aromatic hydroxyl groups is 1. The second kappa shape index (κ2) is 11.4. The van der Waals surface area contributed by atoms with Crippen molar-refractivity contribution in [2.75, 3.05) is 13.7 Å². The third-order valence-electron chi connectivity index (χ3n) is 7.91. The van der Waals surface area contributed by atoms with Gasteiger partial charge in [0.25, 0.3) is 0 Å². The van der Waals surface area contributed by atoms with Gasteiger partial charge in [-0.15, -0.1) is 0 Å². The molecule has 39 heavy (non-hydrogen) atoms. The van der Waals surface area contributed by atoms with Crippen molar-refractivity contribution in [3.8, 4) is 5.75 Å². The molecule has 2 aliphatic heterocycles. The fourth-order valence-electron chi connectivity index (χ4n) is 6.22. The Morgan fingerprint density at radius 3 is 2.77 bits per heavy atom. The molecule has 0 saturated carbocycles. The van der Waals surface area contributed by atoms with E-state index in [-0.39, 0.29) is 17.8 Å². The van der Waals surface area contributed by atoms with Crippen LogP contribution in [0.1, 0.15) is 50.3 Å². The van der Waals surface area contributed by atoms with E-state index in [1.54, 1.807) is 18.3 Å². The predicted octanol–water partition coefficient (Wildman–Crippen LogP) is 5.75. The number of benzene rings is 1. The van der Waals surface area contributed by atoms with Crippen molar-refractivity contribution in [1.82, 2.24) is 9.88 Å². The fourth-order valence-corrected chi connectivity index (χ4v) is 6.60. The lowest BCUT2D eigenvalue weighted by atomic mass is 9.68. The van der Waals surface area contributed by atoms with E-state index >= 15 is 0 Å². The number of phenolic OH excluding ortho intramolecular Hbond substituents is 1. The molecule has 1 aliphatic carbocycles. The number of nitrogens with zero attached hydrogens (tertiary/aromatic N) is 2. The molecule has 5 rings (SSSR count). The summed E-state index contributed by atoms with van der Waals surface area (Å²) in [7, 11) is 1.17. The predicted molar refractivity (Wildman–Crippen MR) is 148 cm³/mol. The van der Waals surface area contributed by atoms with Crippen molar-refractivity contribution in [2.45, 2.75) is 45.1 Å². The van der Waals surface area contributed by atoms with E-state index in [0.29, 0.717) is 36.3 Å². The number of allylic oxidation sites excluding steroid dienone is 2. The Labute approximate surface area is 235 Å². The first-order chi connectivity index (χ1) is 18.8. The molecule has 1 N–H and O–H groups in total. The Bertz CT molecular complexity index is 1350. The Kier molecular flexibility index (Phi) is 8.00. The number of phenols is 1. The number of ether oxygens (including phenoxy) is 2. The number of likely N-dealkylation sites (tertiary alicyclic amines) is 1. The summed E-state index contributed by atoms with van der Waals surface area (Å²) < 4.78 is 11.9. The molecule has 0 bridgehead atoms. The van der Waals surface area contributed by atoms with E-state index in [4.69, 9.17) is 9.47 Å². The lowest BCUT2D eigenvalue weighted by molar-refractivity contribution is -0.137. The lowest BCUT2D eigenvalue weighted by Crippen LogP contribution is -2.38. The highest BCUT2D eigenvalue weighted by Gasteiger charge is 2.58. The van der Waals surface area contributed by atoms with Gasteiger partial charge in [0.05, 0.1) is 37.4 Å². The van der Waals surface area contributed by atoms with E-state index in [9.17, 15) is 19.5 Å². The van der Waals surface area contributed by atoms with Crippen molar-refractivity contribution in [1.29, 1.82) is 0 Å².